The maximum atomic E-state index is 12.4. The molecule has 3 N–H and O–H groups in total. The average Bonchev–Trinajstić information content (AvgIpc) is 2.42. The van der Waals surface area contributed by atoms with E-state index in [1.54, 1.807) is 24.3 Å². The average molecular weight is 319 g/mol. The van der Waals surface area contributed by atoms with Crippen molar-refractivity contribution >= 4 is 19.2 Å². The van der Waals surface area contributed by atoms with Gasteiger partial charge in [-0.25, -0.2) is 0 Å². The van der Waals surface area contributed by atoms with E-state index in [2.05, 4.69) is 5.09 Å². The van der Waals surface area contributed by atoms with E-state index in [0.717, 1.165) is 11.1 Å². The summed E-state index contributed by atoms with van der Waals surface area (Å²) in [5.74, 6) is -0.986. The van der Waals surface area contributed by atoms with Crippen LogP contribution in [0.3, 0.4) is 0 Å². The monoisotopic (exact) mass is 319 g/mol. The molecule has 5 nitrogen and oxygen atoms in total. The number of para-hydroxylation sites is 1. The number of carboxylic acids is 1. The predicted octanol–water partition coefficient (Wildman–Crippen LogP) is 3.42. The fourth-order valence-electron chi connectivity index (χ4n) is 2.12. The third kappa shape index (κ3) is 4.72. The predicted molar refractivity (Wildman–Crippen MR) is 86.1 cm³/mol. The Labute approximate surface area is 129 Å². The molecule has 6 heteroatoms. The Morgan fingerprint density at radius 1 is 1.14 bits per heavy atom. The molecule has 22 heavy (non-hydrogen) atoms. The number of benzene rings is 2. The van der Waals surface area contributed by atoms with Crippen LogP contribution in [0.5, 0.6) is 0 Å². The number of carbonyl (C=O) groups is 1. The van der Waals surface area contributed by atoms with E-state index in [-0.39, 0.29) is 12.6 Å². The van der Waals surface area contributed by atoms with Crippen molar-refractivity contribution in [3.05, 3.63) is 65.2 Å². The molecule has 0 fully saturated rings. The summed E-state index contributed by atoms with van der Waals surface area (Å²) in [6.45, 7) is 1.95. The van der Waals surface area contributed by atoms with Gasteiger partial charge in [0.15, 0.2) is 0 Å². The zero-order valence-corrected chi connectivity index (χ0v) is 13.1. The van der Waals surface area contributed by atoms with Gasteiger partial charge in [0.05, 0.1) is 12.6 Å². The van der Waals surface area contributed by atoms with Gasteiger partial charge in [0.1, 0.15) is 0 Å². The van der Waals surface area contributed by atoms with Crippen LogP contribution in [0.4, 0.5) is 5.69 Å². The highest BCUT2D eigenvalue weighted by atomic mass is 31.2. The van der Waals surface area contributed by atoms with Gasteiger partial charge < -0.3 is 15.1 Å². The molecule has 0 aliphatic carbocycles. The number of carboxylic acid groups (broad SMARTS) is 1. The van der Waals surface area contributed by atoms with Gasteiger partial charge in [-0.05, 0) is 24.1 Å². The molecule has 0 bridgehead atoms. The van der Waals surface area contributed by atoms with Crippen molar-refractivity contribution in [1.29, 1.82) is 0 Å². The van der Waals surface area contributed by atoms with Crippen LogP contribution < -0.4 is 5.09 Å². The number of hydrogen-bond acceptors (Lipinski definition) is 2. The van der Waals surface area contributed by atoms with Gasteiger partial charge in [-0.15, -0.1) is 0 Å². The third-order valence-electron chi connectivity index (χ3n) is 3.17. The van der Waals surface area contributed by atoms with Crippen molar-refractivity contribution in [2.75, 3.05) is 5.09 Å². The second-order valence-electron chi connectivity index (χ2n) is 5.18. The van der Waals surface area contributed by atoms with E-state index in [0.29, 0.717) is 11.3 Å². The van der Waals surface area contributed by atoms with Crippen LogP contribution in [0.15, 0.2) is 48.5 Å². The smallest absolute Gasteiger partial charge is 0.307 e. The van der Waals surface area contributed by atoms with Crippen LogP contribution in [0.1, 0.15) is 16.7 Å². The van der Waals surface area contributed by atoms with Crippen molar-refractivity contribution in [1.82, 2.24) is 0 Å². The Kier molecular flexibility index (Phi) is 5.01. The fourth-order valence-corrected chi connectivity index (χ4v) is 3.49. The Morgan fingerprint density at radius 2 is 1.77 bits per heavy atom. The summed E-state index contributed by atoms with van der Waals surface area (Å²) in [4.78, 5) is 21.0. The van der Waals surface area contributed by atoms with E-state index >= 15 is 0 Å². The van der Waals surface area contributed by atoms with E-state index in [1.165, 1.54) is 0 Å². The van der Waals surface area contributed by atoms with Gasteiger partial charge in [-0.3, -0.25) is 9.36 Å². The molecule has 0 saturated heterocycles. The maximum Gasteiger partial charge on any atom is 0.307 e. The molecule has 0 amide bonds. The molecule has 0 aliphatic heterocycles. The highest BCUT2D eigenvalue weighted by Gasteiger charge is 2.20. The second kappa shape index (κ2) is 6.77. The molecule has 0 heterocycles. The van der Waals surface area contributed by atoms with Gasteiger partial charge in [0, 0.05) is 5.69 Å². The Balaban J connectivity index is 2.16. The number of aryl methyl sites for hydroxylation is 1. The summed E-state index contributed by atoms with van der Waals surface area (Å²) in [6.07, 6.45) is -0.220. The summed E-state index contributed by atoms with van der Waals surface area (Å²) in [6, 6.07) is 14.0. The Bertz CT molecular complexity index is 712. The molecule has 0 aliphatic rings. The number of anilines is 1. The first kappa shape index (κ1) is 16.3. The van der Waals surface area contributed by atoms with E-state index in [9.17, 15) is 14.3 Å². The molecule has 1 unspecified atom stereocenters. The van der Waals surface area contributed by atoms with Gasteiger partial charge in [-0.1, -0.05) is 48.0 Å². The number of hydrogen-bond donors (Lipinski definition) is 3. The minimum absolute atomic E-state index is 0.0192. The zero-order chi connectivity index (χ0) is 16.2. The lowest BCUT2D eigenvalue weighted by Crippen LogP contribution is -2.06. The first-order valence-corrected chi connectivity index (χ1v) is 8.65. The molecule has 2 aromatic carbocycles. The summed E-state index contributed by atoms with van der Waals surface area (Å²) in [5, 5.41) is 11.5. The van der Waals surface area contributed by atoms with Crippen molar-refractivity contribution in [3.8, 4) is 0 Å². The van der Waals surface area contributed by atoms with E-state index in [4.69, 9.17) is 5.11 Å². The van der Waals surface area contributed by atoms with Gasteiger partial charge in [0.2, 0.25) is 0 Å². The minimum atomic E-state index is -3.66. The zero-order valence-electron chi connectivity index (χ0n) is 12.2. The minimum Gasteiger partial charge on any atom is -0.481 e. The van der Waals surface area contributed by atoms with Crippen LogP contribution >= 0.6 is 7.52 Å². The summed E-state index contributed by atoms with van der Waals surface area (Å²) in [5.41, 5.74) is 2.69. The largest absolute Gasteiger partial charge is 0.481 e. The molecule has 0 saturated carbocycles. The maximum absolute atomic E-state index is 12.4. The highest BCUT2D eigenvalue weighted by Crippen LogP contribution is 2.45. The number of aliphatic carboxylic acids is 1. The first-order chi connectivity index (χ1) is 10.4. The topological polar surface area (TPSA) is 86.6 Å². The number of rotatable bonds is 6. The summed E-state index contributed by atoms with van der Waals surface area (Å²) in [7, 11) is -3.66. The molecule has 2 rings (SSSR count). The molecule has 0 spiro atoms. The van der Waals surface area contributed by atoms with Crippen molar-refractivity contribution < 1.29 is 19.4 Å². The quantitative estimate of drug-likeness (QED) is 0.710. The van der Waals surface area contributed by atoms with Gasteiger partial charge >= 0.3 is 5.97 Å². The molecule has 0 radical (unpaired) electrons. The molecule has 2 aromatic rings. The highest BCUT2D eigenvalue weighted by molar-refractivity contribution is 7.58. The molecule has 116 valence electrons. The van der Waals surface area contributed by atoms with Crippen molar-refractivity contribution in [2.45, 2.75) is 19.5 Å². The first-order valence-electron chi connectivity index (χ1n) is 6.81. The normalized spacial score (nSPS) is 13.4. The van der Waals surface area contributed by atoms with E-state index in [1.807, 2.05) is 31.2 Å². The molecule has 1 atom stereocenters. The van der Waals surface area contributed by atoms with Crippen LogP contribution in [0, 0.1) is 6.92 Å². The van der Waals surface area contributed by atoms with Crippen molar-refractivity contribution in [3.63, 3.8) is 0 Å². The van der Waals surface area contributed by atoms with Gasteiger partial charge in [-0.2, -0.15) is 0 Å². The lowest BCUT2D eigenvalue weighted by atomic mass is 10.1. The van der Waals surface area contributed by atoms with Crippen LogP contribution in [-0.2, 0) is 21.9 Å². The summed E-state index contributed by atoms with van der Waals surface area (Å²) < 4.78 is 12.4. The SMILES string of the molecule is Cc1ccc(CP(=O)(O)Nc2ccccc2CC(=O)O)cc1. The lowest BCUT2D eigenvalue weighted by molar-refractivity contribution is -0.136. The fraction of sp³-hybridized carbons (Fsp3) is 0.188. The third-order valence-corrected chi connectivity index (χ3v) is 4.56. The lowest BCUT2D eigenvalue weighted by Gasteiger charge is -2.17. The second-order valence-corrected chi connectivity index (χ2v) is 7.13. The van der Waals surface area contributed by atoms with Gasteiger partial charge in [0.25, 0.3) is 7.52 Å². The Morgan fingerprint density at radius 3 is 2.41 bits per heavy atom. The van der Waals surface area contributed by atoms with Crippen LogP contribution in [-0.4, -0.2) is 16.0 Å². The van der Waals surface area contributed by atoms with E-state index < -0.39 is 13.5 Å². The molecular formula is C16H18NO4P. The van der Waals surface area contributed by atoms with Crippen LogP contribution in [0.25, 0.3) is 0 Å². The molecule has 0 aromatic heterocycles. The molecular weight excluding hydrogens is 301 g/mol. The Hall–Kier alpha value is -2.10. The van der Waals surface area contributed by atoms with Crippen LogP contribution in [0.2, 0.25) is 0 Å². The standard InChI is InChI=1S/C16H18NO4P/c1-12-6-8-13(9-7-12)11-22(20,21)17-15-5-3-2-4-14(15)10-16(18)19/h2-9H,10-11H2,1H3,(H,18,19)(H2,17,20,21). The summed E-state index contributed by atoms with van der Waals surface area (Å²) >= 11 is 0. The number of nitrogens with one attached hydrogen (secondary N) is 1. The van der Waals surface area contributed by atoms with Crippen molar-refractivity contribution in [2.24, 2.45) is 0 Å².